The maximum Gasteiger partial charge on any atom is 0.335 e. The Bertz CT molecular complexity index is 1280. The fourth-order valence-electron chi connectivity index (χ4n) is 4.61. The van der Waals surface area contributed by atoms with E-state index in [1.807, 2.05) is 18.2 Å². The number of allylic oxidation sites excluding steroid dienone is 2. The second-order valence-corrected chi connectivity index (χ2v) is 8.02. The van der Waals surface area contributed by atoms with Gasteiger partial charge >= 0.3 is 5.97 Å². The fourth-order valence-corrected chi connectivity index (χ4v) is 4.61. The van der Waals surface area contributed by atoms with Crippen LogP contribution >= 0.6 is 0 Å². The van der Waals surface area contributed by atoms with Gasteiger partial charge in [-0.3, -0.25) is 4.79 Å². The largest absolute Gasteiger partial charge is 0.493 e. The highest BCUT2D eigenvalue weighted by atomic mass is 16.5. The molecule has 0 unspecified atom stereocenters. The summed E-state index contributed by atoms with van der Waals surface area (Å²) in [5, 5.41) is 16.8. The molecule has 2 N–H and O–H groups in total. The first-order valence-electron chi connectivity index (χ1n) is 10.5. The number of anilines is 1. The van der Waals surface area contributed by atoms with Crippen molar-refractivity contribution in [2.24, 2.45) is 0 Å². The van der Waals surface area contributed by atoms with Crippen LogP contribution in [0.1, 0.15) is 46.3 Å². The lowest BCUT2D eigenvalue weighted by atomic mass is 9.78. The van der Waals surface area contributed by atoms with Gasteiger partial charge in [0.2, 0.25) is 5.95 Å². The molecule has 2 heterocycles. The number of Topliss-reactive ketones (excluding diaryl/α,β-unsaturated/α-hetero) is 1. The molecule has 0 saturated carbocycles. The van der Waals surface area contributed by atoms with Gasteiger partial charge in [-0.1, -0.05) is 18.2 Å². The first-order chi connectivity index (χ1) is 16.0. The molecular formula is C24H22N4O5. The number of nitrogens with one attached hydrogen (secondary N) is 1. The summed E-state index contributed by atoms with van der Waals surface area (Å²) in [5.74, 6) is 0.777. The molecule has 1 aliphatic carbocycles. The molecule has 33 heavy (non-hydrogen) atoms. The molecule has 1 aliphatic heterocycles. The number of carboxylic acids is 1. The number of fused-ring (bicyclic) bond motifs is 1. The highest BCUT2D eigenvalue weighted by Crippen LogP contribution is 2.44. The number of carbonyl (C=O) groups is 2. The van der Waals surface area contributed by atoms with Gasteiger partial charge in [0, 0.05) is 17.7 Å². The maximum absolute atomic E-state index is 13.5. The van der Waals surface area contributed by atoms with E-state index in [1.165, 1.54) is 18.5 Å². The van der Waals surface area contributed by atoms with E-state index in [-0.39, 0.29) is 17.3 Å². The number of aromatic nitrogens is 3. The zero-order valence-corrected chi connectivity index (χ0v) is 18.1. The SMILES string of the molecule is COc1ccc([C@H]2CC(=O)C3=C(C2)Nc2ncnn2[C@@H]3c2ccc(C(=O)O)cc2)cc1OC. The number of ketones is 1. The Morgan fingerprint density at radius 2 is 1.79 bits per heavy atom. The monoisotopic (exact) mass is 446 g/mol. The number of hydrogen-bond donors (Lipinski definition) is 2. The third kappa shape index (κ3) is 3.51. The van der Waals surface area contributed by atoms with Gasteiger partial charge in [-0.15, -0.1) is 0 Å². The highest BCUT2D eigenvalue weighted by Gasteiger charge is 2.39. The molecule has 5 rings (SSSR count). The Labute approximate surface area is 189 Å². The second kappa shape index (κ2) is 8.09. The van der Waals surface area contributed by atoms with E-state index in [1.54, 1.807) is 31.0 Å². The molecule has 1 aromatic heterocycles. The normalized spacial score (nSPS) is 19.4. The summed E-state index contributed by atoms with van der Waals surface area (Å²) in [6.45, 7) is 0. The van der Waals surface area contributed by atoms with Crippen LogP contribution in [0.4, 0.5) is 5.95 Å². The topological polar surface area (TPSA) is 116 Å². The Morgan fingerprint density at radius 1 is 1.06 bits per heavy atom. The molecule has 0 saturated heterocycles. The lowest BCUT2D eigenvalue weighted by molar-refractivity contribution is -0.116. The van der Waals surface area contributed by atoms with Crippen molar-refractivity contribution < 1.29 is 24.2 Å². The second-order valence-electron chi connectivity index (χ2n) is 8.02. The van der Waals surface area contributed by atoms with Gasteiger partial charge < -0.3 is 19.9 Å². The first kappa shape index (κ1) is 20.7. The summed E-state index contributed by atoms with van der Waals surface area (Å²) in [4.78, 5) is 29.0. The summed E-state index contributed by atoms with van der Waals surface area (Å²) < 4.78 is 12.4. The van der Waals surface area contributed by atoms with Crippen LogP contribution in [0.5, 0.6) is 11.5 Å². The standard InChI is InChI=1S/C24H22N4O5/c1-32-19-8-7-15(11-20(19)33-2)16-9-17-21(18(29)10-16)22(28-24(27-17)25-12-26-28)13-3-5-14(6-4-13)23(30)31/h3-8,11-12,16,22H,9-10H2,1-2H3,(H,30,31)(H,25,26,27)/t16-,22-/m1/s1. The summed E-state index contributed by atoms with van der Waals surface area (Å²) >= 11 is 0. The molecule has 3 aromatic rings. The van der Waals surface area contributed by atoms with Crippen molar-refractivity contribution >= 4 is 17.7 Å². The molecule has 168 valence electrons. The van der Waals surface area contributed by atoms with Crippen molar-refractivity contribution in [3.05, 3.63) is 76.8 Å². The summed E-state index contributed by atoms with van der Waals surface area (Å²) in [7, 11) is 3.17. The van der Waals surface area contributed by atoms with Crippen molar-refractivity contribution in [1.82, 2.24) is 14.8 Å². The third-order valence-electron chi connectivity index (χ3n) is 6.21. The number of aromatic carboxylic acids is 1. The Balaban J connectivity index is 1.54. The average molecular weight is 446 g/mol. The first-order valence-corrected chi connectivity index (χ1v) is 10.5. The fraction of sp³-hybridized carbons (Fsp3) is 0.250. The molecule has 0 radical (unpaired) electrons. The predicted octanol–water partition coefficient (Wildman–Crippen LogP) is 3.41. The smallest absolute Gasteiger partial charge is 0.335 e. The van der Waals surface area contributed by atoms with Crippen molar-refractivity contribution in [2.45, 2.75) is 24.8 Å². The Morgan fingerprint density at radius 3 is 2.48 bits per heavy atom. The van der Waals surface area contributed by atoms with Gasteiger partial charge in [-0.05, 0) is 47.7 Å². The Hall–Kier alpha value is -4.14. The van der Waals surface area contributed by atoms with Crippen LogP contribution < -0.4 is 14.8 Å². The average Bonchev–Trinajstić information content (AvgIpc) is 3.30. The van der Waals surface area contributed by atoms with E-state index in [9.17, 15) is 14.7 Å². The molecule has 9 nitrogen and oxygen atoms in total. The number of ether oxygens (including phenoxy) is 2. The van der Waals surface area contributed by atoms with Gasteiger partial charge in [0.15, 0.2) is 17.3 Å². The van der Waals surface area contributed by atoms with Crippen LogP contribution in [-0.2, 0) is 4.79 Å². The van der Waals surface area contributed by atoms with Crippen LogP contribution in [0, 0.1) is 0 Å². The number of rotatable bonds is 5. The van der Waals surface area contributed by atoms with E-state index in [2.05, 4.69) is 15.4 Å². The van der Waals surface area contributed by atoms with Gasteiger partial charge in [-0.25, -0.2) is 9.48 Å². The molecule has 0 amide bonds. The molecule has 2 aromatic carbocycles. The number of carboxylic acid groups (broad SMARTS) is 1. The van der Waals surface area contributed by atoms with E-state index >= 15 is 0 Å². The molecule has 2 aliphatic rings. The van der Waals surface area contributed by atoms with Gasteiger partial charge in [0.05, 0.1) is 19.8 Å². The van der Waals surface area contributed by atoms with E-state index in [0.717, 1.165) is 16.8 Å². The van der Waals surface area contributed by atoms with Crippen molar-refractivity contribution in [3.8, 4) is 11.5 Å². The van der Waals surface area contributed by atoms with E-state index in [0.29, 0.717) is 35.9 Å². The summed E-state index contributed by atoms with van der Waals surface area (Å²) in [5.41, 5.74) is 3.39. The minimum Gasteiger partial charge on any atom is -0.493 e. The number of benzene rings is 2. The molecule has 9 heteroatoms. The predicted molar refractivity (Wildman–Crippen MR) is 119 cm³/mol. The van der Waals surface area contributed by atoms with Crippen LogP contribution in [0.3, 0.4) is 0 Å². The molecule has 0 bridgehead atoms. The van der Waals surface area contributed by atoms with Gasteiger partial charge in [-0.2, -0.15) is 10.1 Å². The van der Waals surface area contributed by atoms with Crippen LogP contribution in [-0.4, -0.2) is 45.8 Å². The quantitative estimate of drug-likeness (QED) is 0.613. The zero-order valence-electron chi connectivity index (χ0n) is 18.1. The van der Waals surface area contributed by atoms with E-state index < -0.39 is 12.0 Å². The maximum atomic E-state index is 13.5. The Kier molecular flexibility index (Phi) is 5.08. The molecule has 0 fully saturated rings. The van der Waals surface area contributed by atoms with Crippen molar-refractivity contribution in [2.75, 3.05) is 19.5 Å². The third-order valence-corrected chi connectivity index (χ3v) is 6.21. The van der Waals surface area contributed by atoms with Crippen molar-refractivity contribution in [3.63, 3.8) is 0 Å². The van der Waals surface area contributed by atoms with Crippen LogP contribution in [0.2, 0.25) is 0 Å². The summed E-state index contributed by atoms with van der Waals surface area (Å²) in [6.07, 6.45) is 2.40. The number of methoxy groups -OCH3 is 2. The van der Waals surface area contributed by atoms with Gasteiger partial charge in [0.25, 0.3) is 0 Å². The number of hydrogen-bond acceptors (Lipinski definition) is 7. The number of nitrogens with zero attached hydrogens (tertiary/aromatic N) is 3. The van der Waals surface area contributed by atoms with Crippen molar-refractivity contribution in [1.29, 1.82) is 0 Å². The minimum atomic E-state index is -1.00. The van der Waals surface area contributed by atoms with Crippen LogP contribution in [0.15, 0.2) is 60.1 Å². The molecule has 0 spiro atoms. The molecular weight excluding hydrogens is 424 g/mol. The highest BCUT2D eigenvalue weighted by molar-refractivity contribution is 6.00. The lowest BCUT2D eigenvalue weighted by Crippen LogP contribution is -2.33. The van der Waals surface area contributed by atoms with Gasteiger partial charge in [0.1, 0.15) is 12.4 Å². The van der Waals surface area contributed by atoms with Crippen LogP contribution in [0.25, 0.3) is 0 Å². The lowest BCUT2D eigenvalue weighted by Gasteiger charge is -2.35. The summed E-state index contributed by atoms with van der Waals surface area (Å²) in [6, 6.07) is 11.8. The number of carbonyl (C=O) groups excluding carboxylic acids is 1. The molecule has 2 atom stereocenters. The minimum absolute atomic E-state index is 0.0111. The van der Waals surface area contributed by atoms with E-state index in [4.69, 9.17) is 9.47 Å². The zero-order chi connectivity index (χ0) is 23.1.